The molecule has 0 saturated heterocycles. The highest BCUT2D eigenvalue weighted by molar-refractivity contribution is 6.30. The van der Waals surface area contributed by atoms with E-state index in [1.165, 1.54) is 18.2 Å². The van der Waals surface area contributed by atoms with Crippen LogP contribution in [0.2, 0.25) is 5.02 Å². The molecule has 6 nitrogen and oxygen atoms in total. The summed E-state index contributed by atoms with van der Waals surface area (Å²) in [5, 5.41) is 11.3. The van der Waals surface area contributed by atoms with Gasteiger partial charge in [-0.1, -0.05) is 11.6 Å². The Kier molecular flexibility index (Phi) is 4.59. The molecule has 0 atom stereocenters. The molecule has 110 valence electrons. The molecule has 2 rings (SSSR count). The van der Waals surface area contributed by atoms with Gasteiger partial charge < -0.3 is 9.47 Å². The van der Waals surface area contributed by atoms with Crippen molar-refractivity contribution in [3.05, 3.63) is 56.9 Å². The van der Waals surface area contributed by atoms with Gasteiger partial charge >= 0.3 is 5.69 Å². The van der Waals surface area contributed by atoms with Crippen LogP contribution in [0.15, 0.2) is 30.3 Å². The van der Waals surface area contributed by atoms with Gasteiger partial charge in [0.1, 0.15) is 12.4 Å². The van der Waals surface area contributed by atoms with Crippen LogP contribution in [0.3, 0.4) is 0 Å². The summed E-state index contributed by atoms with van der Waals surface area (Å²) in [4.78, 5) is 14.7. The van der Waals surface area contributed by atoms with Gasteiger partial charge in [-0.25, -0.2) is 0 Å². The van der Waals surface area contributed by atoms with E-state index in [-0.39, 0.29) is 18.0 Å². The summed E-state index contributed by atoms with van der Waals surface area (Å²) < 4.78 is 10.6. The van der Waals surface area contributed by atoms with Crippen molar-refractivity contribution in [1.82, 2.24) is 4.98 Å². The fourth-order valence-electron chi connectivity index (χ4n) is 1.80. The number of nitro benzene ring substituents is 1. The Morgan fingerprint density at radius 3 is 2.76 bits per heavy atom. The molecular formula is C14H13ClN2O4. The molecule has 1 aromatic carbocycles. The summed E-state index contributed by atoms with van der Waals surface area (Å²) in [5.41, 5.74) is 1.24. The third-order valence-corrected chi connectivity index (χ3v) is 2.94. The first-order valence-electron chi connectivity index (χ1n) is 6.08. The van der Waals surface area contributed by atoms with Crippen LogP contribution in [0.1, 0.15) is 11.4 Å². The second kappa shape index (κ2) is 6.41. The highest BCUT2D eigenvalue weighted by Crippen LogP contribution is 2.30. The van der Waals surface area contributed by atoms with Crippen LogP contribution in [0, 0.1) is 17.0 Å². The summed E-state index contributed by atoms with van der Waals surface area (Å²) in [6.45, 7) is 1.91. The van der Waals surface area contributed by atoms with Crippen LogP contribution in [0.4, 0.5) is 5.69 Å². The first kappa shape index (κ1) is 15.1. The molecule has 0 spiro atoms. The van der Waals surface area contributed by atoms with E-state index in [0.717, 1.165) is 5.69 Å². The predicted octanol–water partition coefficient (Wildman–Crippen LogP) is 3.54. The van der Waals surface area contributed by atoms with E-state index in [4.69, 9.17) is 21.1 Å². The number of pyridine rings is 1. The minimum Gasteiger partial charge on any atom is -0.497 e. The largest absolute Gasteiger partial charge is 0.497 e. The fraction of sp³-hybridized carbons (Fsp3) is 0.214. The average molecular weight is 309 g/mol. The van der Waals surface area contributed by atoms with Crippen molar-refractivity contribution in [2.75, 3.05) is 7.11 Å². The second-order valence-electron chi connectivity index (χ2n) is 4.30. The standard InChI is InChI=1S/C14H13ClN2O4/c1-9-5-12(20-2)7-11(16-9)8-21-14-6-10(15)3-4-13(14)17(18)19/h3-7H,8H2,1-2H3. The van der Waals surface area contributed by atoms with E-state index in [9.17, 15) is 10.1 Å². The lowest BCUT2D eigenvalue weighted by molar-refractivity contribution is -0.385. The molecular weight excluding hydrogens is 296 g/mol. The van der Waals surface area contributed by atoms with Crippen LogP contribution in [-0.2, 0) is 6.61 Å². The number of benzene rings is 1. The topological polar surface area (TPSA) is 74.5 Å². The smallest absolute Gasteiger partial charge is 0.311 e. The van der Waals surface area contributed by atoms with Gasteiger partial charge in [0, 0.05) is 35.0 Å². The zero-order valence-corrected chi connectivity index (χ0v) is 12.3. The number of hydrogen-bond donors (Lipinski definition) is 0. The number of aromatic nitrogens is 1. The molecule has 0 fully saturated rings. The monoisotopic (exact) mass is 308 g/mol. The molecule has 0 radical (unpaired) electrons. The summed E-state index contributed by atoms with van der Waals surface area (Å²) in [6.07, 6.45) is 0. The van der Waals surface area contributed by atoms with Crippen molar-refractivity contribution >= 4 is 17.3 Å². The Bertz CT molecular complexity index is 676. The molecule has 0 saturated carbocycles. The third kappa shape index (κ3) is 3.82. The van der Waals surface area contributed by atoms with Crippen LogP contribution >= 0.6 is 11.6 Å². The summed E-state index contributed by atoms with van der Waals surface area (Å²) in [7, 11) is 1.56. The zero-order valence-electron chi connectivity index (χ0n) is 11.5. The summed E-state index contributed by atoms with van der Waals surface area (Å²) >= 11 is 5.84. The van der Waals surface area contributed by atoms with Crippen molar-refractivity contribution < 1.29 is 14.4 Å². The molecule has 0 bridgehead atoms. The highest BCUT2D eigenvalue weighted by Gasteiger charge is 2.15. The Morgan fingerprint density at radius 1 is 1.33 bits per heavy atom. The summed E-state index contributed by atoms with van der Waals surface area (Å²) in [6, 6.07) is 7.66. The third-order valence-electron chi connectivity index (χ3n) is 2.71. The minimum atomic E-state index is -0.518. The molecule has 21 heavy (non-hydrogen) atoms. The van der Waals surface area contributed by atoms with E-state index in [1.807, 2.05) is 6.92 Å². The number of aryl methyl sites for hydroxylation is 1. The number of nitro groups is 1. The lowest BCUT2D eigenvalue weighted by Gasteiger charge is -2.09. The number of rotatable bonds is 5. The molecule has 0 amide bonds. The average Bonchev–Trinajstić information content (AvgIpc) is 2.44. The molecule has 0 unspecified atom stereocenters. The van der Waals surface area contributed by atoms with Gasteiger partial charge in [0.05, 0.1) is 17.7 Å². The normalized spacial score (nSPS) is 10.2. The van der Waals surface area contributed by atoms with Crippen molar-refractivity contribution in [3.63, 3.8) is 0 Å². The Hall–Kier alpha value is -2.34. The minimum absolute atomic E-state index is 0.0826. The summed E-state index contributed by atoms with van der Waals surface area (Å²) in [5.74, 6) is 0.761. The van der Waals surface area contributed by atoms with Crippen LogP contribution in [0.5, 0.6) is 11.5 Å². The number of methoxy groups -OCH3 is 1. The lowest BCUT2D eigenvalue weighted by Crippen LogP contribution is -2.02. The van der Waals surface area contributed by atoms with Gasteiger partial charge in [-0.2, -0.15) is 0 Å². The van der Waals surface area contributed by atoms with E-state index >= 15 is 0 Å². The van der Waals surface area contributed by atoms with Crippen molar-refractivity contribution in [1.29, 1.82) is 0 Å². The molecule has 0 aliphatic carbocycles. The fourth-order valence-corrected chi connectivity index (χ4v) is 1.96. The maximum absolute atomic E-state index is 10.9. The van der Waals surface area contributed by atoms with E-state index in [2.05, 4.69) is 4.98 Å². The number of ether oxygens (including phenoxy) is 2. The molecule has 0 aliphatic rings. The Morgan fingerprint density at radius 2 is 2.10 bits per heavy atom. The molecule has 7 heteroatoms. The van der Waals surface area contributed by atoms with Crippen LogP contribution in [-0.4, -0.2) is 17.0 Å². The molecule has 1 aromatic heterocycles. The maximum atomic E-state index is 10.9. The van der Waals surface area contributed by atoms with E-state index in [1.54, 1.807) is 19.2 Å². The maximum Gasteiger partial charge on any atom is 0.311 e. The van der Waals surface area contributed by atoms with Gasteiger partial charge in [0.2, 0.25) is 0 Å². The van der Waals surface area contributed by atoms with Crippen molar-refractivity contribution in [2.24, 2.45) is 0 Å². The predicted molar refractivity (Wildman–Crippen MR) is 78.0 cm³/mol. The molecule has 2 aromatic rings. The number of nitrogens with zero attached hydrogens (tertiary/aromatic N) is 2. The quantitative estimate of drug-likeness (QED) is 0.624. The molecule has 0 aliphatic heterocycles. The number of halogens is 1. The SMILES string of the molecule is COc1cc(C)nc(COc2cc(Cl)ccc2[N+](=O)[O-])c1. The highest BCUT2D eigenvalue weighted by atomic mass is 35.5. The van der Waals surface area contributed by atoms with Crippen LogP contribution in [0.25, 0.3) is 0 Å². The van der Waals surface area contributed by atoms with Gasteiger partial charge in [-0.05, 0) is 13.0 Å². The van der Waals surface area contributed by atoms with Gasteiger partial charge in [0.25, 0.3) is 0 Å². The van der Waals surface area contributed by atoms with Crippen molar-refractivity contribution in [3.8, 4) is 11.5 Å². The Balaban J connectivity index is 2.22. The Labute approximate surface area is 126 Å². The van der Waals surface area contributed by atoms with Gasteiger partial charge in [0.15, 0.2) is 5.75 Å². The first-order valence-corrected chi connectivity index (χ1v) is 6.45. The number of hydrogen-bond acceptors (Lipinski definition) is 5. The van der Waals surface area contributed by atoms with Gasteiger partial charge in [-0.3, -0.25) is 15.1 Å². The lowest BCUT2D eigenvalue weighted by atomic mass is 10.3. The van der Waals surface area contributed by atoms with Crippen molar-refractivity contribution in [2.45, 2.75) is 13.5 Å². The van der Waals surface area contributed by atoms with Crippen LogP contribution < -0.4 is 9.47 Å². The van der Waals surface area contributed by atoms with E-state index < -0.39 is 4.92 Å². The molecule has 0 N–H and O–H groups in total. The van der Waals surface area contributed by atoms with Gasteiger partial charge in [-0.15, -0.1) is 0 Å². The first-order chi connectivity index (χ1) is 9.99. The second-order valence-corrected chi connectivity index (χ2v) is 4.73. The van der Waals surface area contributed by atoms with E-state index in [0.29, 0.717) is 16.5 Å². The zero-order chi connectivity index (χ0) is 15.4. The molecule has 1 heterocycles.